The van der Waals surface area contributed by atoms with E-state index in [0.29, 0.717) is 32.4 Å². The monoisotopic (exact) mass is 337 g/mol. The summed E-state index contributed by atoms with van der Waals surface area (Å²) in [6.07, 6.45) is 5.44. The Labute approximate surface area is 147 Å². The average Bonchev–Trinajstić information content (AvgIpc) is 2.67. The Morgan fingerprint density at radius 1 is 1.08 bits per heavy atom. The maximum Gasteiger partial charge on any atom is 0.230 e. The summed E-state index contributed by atoms with van der Waals surface area (Å²) < 4.78 is 0. The molecule has 1 atom stereocenters. The first kappa shape index (κ1) is 17.1. The van der Waals surface area contributed by atoms with Gasteiger partial charge >= 0.3 is 0 Å². The number of nitrogens with zero attached hydrogens (tertiary/aromatic N) is 2. The maximum atomic E-state index is 13.2. The number of amides is 2. The van der Waals surface area contributed by atoms with Crippen LogP contribution in [0.1, 0.15) is 29.9 Å². The molecule has 0 aliphatic carbocycles. The lowest BCUT2D eigenvalue weighted by Gasteiger charge is -2.33. The molecule has 2 N–H and O–H groups in total. The van der Waals surface area contributed by atoms with Crippen molar-refractivity contribution in [2.24, 2.45) is 11.7 Å². The largest absolute Gasteiger partial charge is 0.369 e. The Morgan fingerprint density at radius 2 is 1.72 bits per heavy atom. The van der Waals surface area contributed by atoms with Crippen molar-refractivity contribution < 1.29 is 9.59 Å². The third kappa shape index (κ3) is 4.24. The van der Waals surface area contributed by atoms with Crippen molar-refractivity contribution in [2.75, 3.05) is 13.1 Å². The molecule has 2 amide bonds. The van der Waals surface area contributed by atoms with Crippen LogP contribution in [0.25, 0.3) is 0 Å². The van der Waals surface area contributed by atoms with Crippen LogP contribution in [0, 0.1) is 5.92 Å². The van der Waals surface area contributed by atoms with Crippen molar-refractivity contribution in [3.05, 3.63) is 66.0 Å². The van der Waals surface area contributed by atoms with Gasteiger partial charge in [0, 0.05) is 31.4 Å². The van der Waals surface area contributed by atoms with Gasteiger partial charge in [0.1, 0.15) is 0 Å². The molecule has 1 aromatic carbocycles. The zero-order chi connectivity index (χ0) is 17.6. The van der Waals surface area contributed by atoms with E-state index in [1.54, 1.807) is 12.4 Å². The van der Waals surface area contributed by atoms with E-state index < -0.39 is 0 Å². The van der Waals surface area contributed by atoms with Gasteiger partial charge in [-0.2, -0.15) is 0 Å². The summed E-state index contributed by atoms with van der Waals surface area (Å²) in [7, 11) is 0. The smallest absolute Gasteiger partial charge is 0.230 e. The van der Waals surface area contributed by atoms with Crippen LogP contribution in [-0.2, 0) is 16.0 Å². The van der Waals surface area contributed by atoms with Crippen molar-refractivity contribution in [2.45, 2.75) is 25.2 Å². The molecular formula is C20H23N3O2. The number of benzene rings is 1. The molecule has 5 heteroatoms. The molecule has 1 fully saturated rings. The SMILES string of the molecule is NC(=O)C1CCN(C(=O)C(Cc2ccncc2)c2ccccc2)CC1. The number of hydrogen-bond donors (Lipinski definition) is 1. The highest BCUT2D eigenvalue weighted by Crippen LogP contribution is 2.26. The Kier molecular flexibility index (Phi) is 5.43. The van der Waals surface area contributed by atoms with Gasteiger partial charge in [0.25, 0.3) is 0 Å². The average molecular weight is 337 g/mol. The number of hydrogen-bond acceptors (Lipinski definition) is 3. The number of carbonyl (C=O) groups excluding carboxylic acids is 2. The first-order valence-electron chi connectivity index (χ1n) is 8.67. The summed E-state index contributed by atoms with van der Waals surface area (Å²) in [5.74, 6) is -0.484. The standard InChI is InChI=1S/C20H23N3O2/c21-19(24)17-8-12-23(13-9-17)20(25)18(16-4-2-1-3-5-16)14-15-6-10-22-11-7-15/h1-7,10-11,17-18H,8-9,12-14H2,(H2,21,24). The number of piperidine rings is 1. The summed E-state index contributed by atoms with van der Waals surface area (Å²) in [5, 5.41) is 0. The fraction of sp³-hybridized carbons (Fsp3) is 0.350. The lowest BCUT2D eigenvalue weighted by atomic mass is 9.89. The van der Waals surface area contributed by atoms with Crippen molar-refractivity contribution >= 4 is 11.8 Å². The van der Waals surface area contributed by atoms with Crippen LogP contribution < -0.4 is 5.73 Å². The predicted octanol–water partition coefficient (Wildman–Crippen LogP) is 2.13. The Bertz CT molecular complexity index is 710. The van der Waals surface area contributed by atoms with Crippen LogP contribution in [0.4, 0.5) is 0 Å². The van der Waals surface area contributed by atoms with E-state index in [1.165, 1.54) is 0 Å². The van der Waals surface area contributed by atoms with Gasteiger partial charge < -0.3 is 10.6 Å². The number of likely N-dealkylation sites (tertiary alicyclic amines) is 1. The van der Waals surface area contributed by atoms with Gasteiger partial charge in [-0.1, -0.05) is 30.3 Å². The fourth-order valence-electron chi connectivity index (χ4n) is 3.39. The first-order valence-corrected chi connectivity index (χ1v) is 8.67. The number of rotatable bonds is 5. The van der Waals surface area contributed by atoms with Gasteiger partial charge in [-0.25, -0.2) is 0 Å². The molecule has 0 spiro atoms. The molecule has 1 aliphatic heterocycles. The topological polar surface area (TPSA) is 76.3 Å². The minimum absolute atomic E-state index is 0.112. The Hall–Kier alpha value is -2.69. The minimum atomic E-state index is -0.261. The van der Waals surface area contributed by atoms with E-state index in [2.05, 4.69) is 4.98 Å². The second kappa shape index (κ2) is 7.92. The van der Waals surface area contributed by atoms with Crippen molar-refractivity contribution in [1.82, 2.24) is 9.88 Å². The zero-order valence-corrected chi connectivity index (χ0v) is 14.2. The molecule has 0 bridgehead atoms. The lowest BCUT2D eigenvalue weighted by Crippen LogP contribution is -2.44. The first-order chi connectivity index (χ1) is 12.1. The minimum Gasteiger partial charge on any atom is -0.369 e. The quantitative estimate of drug-likeness (QED) is 0.908. The second-order valence-corrected chi connectivity index (χ2v) is 6.52. The molecular weight excluding hydrogens is 314 g/mol. The molecule has 1 aromatic heterocycles. The van der Waals surface area contributed by atoms with Gasteiger partial charge in [-0.05, 0) is 42.5 Å². The molecule has 3 rings (SSSR count). The summed E-state index contributed by atoms with van der Waals surface area (Å²) in [6.45, 7) is 1.18. The number of aromatic nitrogens is 1. The highest BCUT2D eigenvalue weighted by molar-refractivity contribution is 5.84. The van der Waals surface area contributed by atoms with Crippen molar-refractivity contribution in [3.8, 4) is 0 Å². The highest BCUT2D eigenvalue weighted by atomic mass is 16.2. The second-order valence-electron chi connectivity index (χ2n) is 6.52. The molecule has 2 heterocycles. The van der Waals surface area contributed by atoms with Gasteiger partial charge in [0.15, 0.2) is 0 Å². The Morgan fingerprint density at radius 3 is 2.32 bits per heavy atom. The normalized spacial score (nSPS) is 16.4. The number of pyridine rings is 1. The van der Waals surface area contributed by atoms with E-state index in [9.17, 15) is 9.59 Å². The van der Waals surface area contributed by atoms with Gasteiger partial charge in [0.05, 0.1) is 5.92 Å². The van der Waals surface area contributed by atoms with Gasteiger partial charge in [-0.15, -0.1) is 0 Å². The molecule has 1 unspecified atom stereocenters. The Balaban J connectivity index is 1.77. The molecule has 130 valence electrons. The maximum absolute atomic E-state index is 13.2. The van der Waals surface area contributed by atoms with Crippen LogP contribution in [0.15, 0.2) is 54.9 Å². The van der Waals surface area contributed by atoms with Crippen molar-refractivity contribution in [3.63, 3.8) is 0 Å². The zero-order valence-electron chi connectivity index (χ0n) is 14.2. The van der Waals surface area contributed by atoms with E-state index in [0.717, 1.165) is 11.1 Å². The predicted molar refractivity (Wildman–Crippen MR) is 95.6 cm³/mol. The van der Waals surface area contributed by atoms with Gasteiger partial charge in [-0.3, -0.25) is 14.6 Å². The van der Waals surface area contributed by atoms with Crippen molar-refractivity contribution in [1.29, 1.82) is 0 Å². The van der Waals surface area contributed by atoms with E-state index >= 15 is 0 Å². The van der Waals surface area contributed by atoms with E-state index in [-0.39, 0.29) is 23.7 Å². The molecule has 1 saturated heterocycles. The number of primary amides is 1. The van der Waals surface area contributed by atoms with Crippen LogP contribution in [0.5, 0.6) is 0 Å². The molecule has 1 aliphatic rings. The van der Waals surface area contributed by atoms with E-state index in [1.807, 2.05) is 47.4 Å². The number of nitrogens with two attached hydrogens (primary N) is 1. The summed E-state index contributed by atoms with van der Waals surface area (Å²) in [5.41, 5.74) is 7.50. The molecule has 5 nitrogen and oxygen atoms in total. The third-order valence-corrected chi connectivity index (χ3v) is 4.90. The summed E-state index contributed by atoms with van der Waals surface area (Å²) in [6, 6.07) is 13.8. The molecule has 2 aromatic rings. The highest BCUT2D eigenvalue weighted by Gasteiger charge is 2.30. The molecule has 0 saturated carbocycles. The fourth-order valence-corrected chi connectivity index (χ4v) is 3.39. The molecule has 0 radical (unpaired) electrons. The third-order valence-electron chi connectivity index (χ3n) is 4.90. The van der Waals surface area contributed by atoms with E-state index in [4.69, 9.17) is 5.73 Å². The van der Waals surface area contributed by atoms with Crippen LogP contribution in [0.3, 0.4) is 0 Å². The van der Waals surface area contributed by atoms with Gasteiger partial charge in [0.2, 0.25) is 11.8 Å². The molecule has 25 heavy (non-hydrogen) atoms. The summed E-state index contributed by atoms with van der Waals surface area (Å²) >= 11 is 0. The van der Waals surface area contributed by atoms with Crippen LogP contribution in [-0.4, -0.2) is 34.8 Å². The summed E-state index contributed by atoms with van der Waals surface area (Å²) in [4.78, 5) is 30.4. The van der Waals surface area contributed by atoms with Crippen LogP contribution >= 0.6 is 0 Å². The van der Waals surface area contributed by atoms with Crippen LogP contribution in [0.2, 0.25) is 0 Å². The lowest BCUT2D eigenvalue weighted by molar-refractivity contribution is -0.136. The number of carbonyl (C=O) groups is 2.